The van der Waals surface area contributed by atoms with Crippen molar-refractivity contribution in [3.05, 3.63) is 35.1 Å². The number of urea groups is 1. The zero-order chi connectivity index (χ0) is 14.3. The summed E-state index contributed by atoms with van der Waals surface area (Å²) >= 11 is 0. The molecule has 0 spiro atoms. The lowest BCUT2D eigenvalue weighted by atomic mass is 10.1. The SMILES string of the molecule is CC(C)NC(=O)NCc1cc(C#CCN)ccc1F. The van der Waals surface area contributed by atoms with Crippen molar-refractivity contribution >= 4 is 6.03 Å². The van der Waals surface area contributed by atoms with Crippen LogP contribution in [0.25, 0.3) is 0 Å². The Hall–Kier alpha value is -2.06. The number of carbonyl (C=O) groups is 1. The van der Waals surface area contributed by atoms with Gasteiger partial charge in [0.15, 0.2) is 0 Å². The normalized spacial score (nSPS) is 9.74. The van der Waals surface area contributed by atoms with Gasteiger partial charge >= 0.3 is 6.03 Å². The maximum absolute atomic E-state index is 13.6. The molecule has 0 aliphatic heterocycles. The smallest absolute Gasteiger partial charge is 0.315 e. The van der Waals surface area contributed by atoms with Crippen LogP contribution in [-0.4, -0.2) is 18.6 Å². The van der Waals surface area contributed by atoms with Gasteiger partial charge in [-0.2, -0.15) is 0 Å². The lowest BCUT2D eigenvalue weighted by Gasteiger charge is -2.10. The number of benzene rings is 1. The van der Waals surface area contributed by atoms with Gasteiger partial charge in [0.2, 0.25) is 0 Å². The highest BCUT2D eigenvalue weighted by molar-refractivity contribution is 5.74. The number of rotatable bonds is 3. The van der Waals surface area contributed by atoms with Crippen molar-refractivity contribution in [1.82, 2.24) is 10.6 Å². The van der Waals surface area contributed by atoms with Crippen LogP contribution in [0.15, 0.2) is 18.2 Å². The fraction of sp³-hybridized carbons (Fsp3) is 0.357. The summed E-state index contributed by atoms with van der Waals surface area (Å²) in [4.78, 5) is 11.4. The highest BCUT2D eigenvalue weighted by Gasteiger charge is 2.06. The van der Waals surface area contributed by atoms with E-state index in [1.54, 1.807) is 12.1 Å². The van der Waals surface area contributed by atoms with E-state index in [4.69, 9.17) is 5.73 Å². The molecule has 5 heteroatoms. The van der Waals surface area contributed by atoms with Crippen LogP contribution < -0.4 is 16.4 Å². The van der Waals surface area contributed by atoms with E-state index in [0.29, 0.717) is 11.1 Å². The molecule has 0 aromatic heterocycles. The minimum atomic E-state index is -0.372. The van der Waals surface area contributed by atoms with Crippen LogP contribution in [0.4, 0.5) is 9.18 Å². The second-order valence-electron chi connectivity index (χ2n) is 4.29. The van der Waals surface area contributed by atoms with Crippen molar-refractivity contribution in [1.29, 1.82) is 0 Å². The lowest BCUT2D eigenvalue weighted by molar-refractivity contribution is 0.238. The number of nitrogens with one attached hydrogen (secondary N) is 2. The number of carbonyl (C=O) groups excluding carboxylic acids is 1. The fourth-order valence-corrected chi connectivity index (χ4v) is 1.43. The molecule has 0 heterocycles. The molecule has 4 N–H and O–H groups in total. The molecule has 0 aliphatic rings. The molecule has 0 fully saturated rings. The average Bonchev–Trinajstić information content (AvgIpc) is 2.35. The minimum absolute atomic E-state index is 0.0339. The van der Waals surface area contributed by atoms with Gasteiger partial charge in [-0.25, -0.2) is 9.18 Å². The summed E-state index contributed by atoms with van der Waals surface area (Å²) in [5.41, 5.74) is 6.34. The first-order valence-corrected chi connectivity index (χ1v) is 6.04. The maximum Gasteiger partial charge on any atom is 0.315 e. The van der Waals surface area contributed by atoms with E-state index in [1.165, 1.54) is 6.07 Å². The number of nitrogens with two attached hydrogens (primary N) is 1. The van der Waals surface area contributed by atoms with E-state index in [9.17, 15) is 9.18 Å². The van der Waals surface area contributed by atoms with Crippen molar-refractivity contribution in [2.75, 3.05) is 6.54 Å². The third-order valence-corrected chi connectivity index (χ3v) is 2.24. The number of hydrogen-bond acceptors (Lipinski definition) is 2. The summed E-state index contributed by atoms with van der Waals surface area (Å²) < 4.78 is 13.6. The van der Waals surface area contributed by atoms with E-state index in [2.05, 4.69) is 22.5 Å². The van der Waals surface area contributed by atoms with Crippen molar-refractivity contribution in [3.63, 3.8) is 0 Å². The predicted molar refractivity (Wildman–Crippen MR) is 72.8 cm³/mol. The summed E-state index contributed by atoms with van der Waals surface area (Å²) in [5.74, 6) is 5.15. The van der Waals surface area contributed by atoms with Crippen LogP contribution in [0.3, 0.4) is 0 Å². The van der Waals surface area contributed by atoms with Gasteiger partial charge in [-0.1, -0.05) is 11.8 Å². The molecule has 0 radical (unpaired) electrons. The monoisotopic (exact) mass is 263 g/mol. The van der Waals surface area contributed by atoms with Crippen molar-refractivity contribution in [2.45, 2.75) is 26.4 Å². The molecular formula is C14H18FN3O. The van der Waals surface area contributed by atoms with E-state index < -0.39 is 0 Å². The second-order valence-corrected chi connectivity index (χ2v) is 4.29. The first kappa shape index (κ1) is 15.0. The summed E-state index contributed by atoms with van der Waals surface area (Å²) in [6, 6.07) is 4.22. The molecule has 1 aromatic rings. The quantitative estimate of drug-likeness (QED) is 0.720. The van der Waals surface area contributed by atoms with Crippen LogP contribution in [0.5, 0.6) is 0 Å². The highest BCUT2D eigenvalue weighted by atomic mass is 19.1. The van der Waals surface area contributed by atoms with Gasteiger partial charge in [0.1, 0.15) is 5.82 Å². The van der Waals surface area contributed by atoms with Crippen molar-refractivity contribution in [2.24, 2.45) is 5.73 Å². The van der Waals surface area contributed by atoms with Crippen LogP contribution >= 0.6 is 0 Å². The molecule has 0 aliphatic carbocycles. The molecule has 19 heavy (non-hydrogen) atoms. The Morgan fingerprint density at radius 3 is 2.84 bits per heavy atom. The van der Waals surface area contributed by atoms with Crippen molar-refractivity contribution in [3.8, 4) is 11.8 Å². The Bertz CT molecular complexity index is 503. The summed E-state index contributed by atoms with van der Waals surface area (Å²) in [6.07, 6.45) is 0. The molecule has 1 aromatic carbocycles. The molecule has 2 amide bonds. The molecule has 0 saturated carbocycles. The highest BCUT2D eigenvalue weighted by Crippen LogP contribution is 2.09. The molecule has 0 saturated heterocycles. The van der Waals surface area contributed by atoms with Gasteiger partial charge in [0.25, 0.3) is 0 Å². The van der Waals surface area contributed by atoms with E-state index >= 15 is 0 Å². The molecule has 1 rings (SSSR count). The minimum Gasteiger partial charge on any atom is -0.336 e. The van der Waals surface area contributed by atoms with Gasteiger partial charge < -0.3 is 16.4 Å². The Labute approximate surface area is 112 Å². The zero-order valence-electron chi connectivity index (χ0n) is 11.1. The summed E-state index contributed by atoms with van der Waals surface area (Å²) in [6.45, 7) is 4.07. The standard InChI is InChI=1S/C14H18FN3O/c1-10(2)18-14(19)17-9-12-8-11(4-3-7-16)5-6-13(12)15/h5-6,8,10H,7,9,16H2,1-2H3,(H2,17,18,19). The molecule has 0 atom stereocenters. The molecular weight excluding hydrogens is 245 g/mol. The molecule has 0 unspecified atom stereocenters. The van der Waals surface area contributed by atoms with Crippen molar-refractivity contribution < 1.29 is 9.18 Å². The Morgan fingerprint density at radius 2 is 2.21 bits per heavy atom. The Kier molecular flexibility index (Phi) is 5.83. The first-order valence-electron chi connectivity index (χ1n) is 6.04. The zero-order valence-corrected chi connectivity index (χ0v) is 11.1. The fourth-order valence-electron chi connectivity index (χ4n) is 1.43. The van der Waals surface area contributed by atoms with Gasteiger partial charge in [0.05, 0.1) is 6.54 Å². The van der Waals surface area contributed by atoms with E-state index in [0.717, 1.165) is 0 Å². The molecule has 0 bridgehead atoms. The van der Waals surface area contributed by atoms with E-state index in [1.807, 2.05) is 13.8 Å². The van der Waals surface area contributed by atoms with Gasteiger partial charge in [-0.15, -0.1) is 0 Å². The largest absolute Gasteiger partial charge is 0.336 e. The summed E-state index contributed by atoms with van der Waals surface area (Å²) in [7, 11) is 0. The third kappa shape index (κ3) is 5.40. The van der Waals surface area contributed by atoms with Crippen LogP contribution in [-0.2, 0) is 6.54 Å². The first-order chi connectivity index (χ1) is 9.02. The molecule has 4 nitrogen and oxygen atoms in total. The Morgan fingerprint density at radius 1 is 1.47 bits per heavy atom. The second kappa shape index (κ2) is 7.39. The third-order valence-electron chi connectivity index (χ3n) is 2.24. The average molecular weight is 263 g/mol. The lowest BCUT2D eigenvalue weighted by Crippen LogP contribution is -2.39. The van der Waals surface area contributed by atoms with Crippen LogP contribution in [0.1, 0.15) is 25.0 Å². The predicted octanol–water partition coefficient (Wildman–Crippen LogP) is 1.34. The molecule has 102 valence electrons. The summed E-state index contributed by atoms with van der Waals surface area (Å²) in [5, 5.41) is 5.26. The van der Waals surface area contributed by atoms with Gasteiger partial charge in [-0.3, -0.25) is 0 Å². The number of hydrogen-bond donors (Lipinski definition) is 3. The Balaban J connectivity index is 2.69. The number of halogens is 1. The van der Waals surface area contributed by atoms with E-state index in [-0.39, 0.29) is 31.0 Å². The topological polar surface area (TPSA) is 67.2 Å². The maximum atomic E-state index is 13.6. The van der Waals surface area contributed by atoms with Gasteiger partial charge in [-0.05, 0) is 32.0 Å². The number of amides is 2. The van der Waals surface area contributed by atoms with Gasteiger partial charge in [0, 0.05) is 23.7 Å². The van der Waals surface area contributed by atoms with Crippen LogP contribution in [0.2, 0.25) is 0 Å². The van der Waals surface area contributed by atoms with Crippen LogP contribution in [0, 0.1) is 17.7 Å².